The van der Waals surface area contributed by atoms with Crippen LogP contribution in [0.5, 0.6) is 5.75 Å². The summed E-state index contributed by atoms with van der Waals surface area (Å²) in [6.07, 6.45) is 9.09. The Bertz CT molecular complexity index is 387. The van der Waals surface area contributed by atoms with E-state index in [0.29, 0.717) is 12.2 Å². The number of halogens is 1. The van der Waals surface area contributed by atoms with Crippen LogP contribution in [0.15, 0.2) is 42.5 Å². The van der Waals surface area contributed by atoms with Crippen LogP contribution in [0.3, 0.4) is 0 Å². The van der Waals surface area contributed by atoms with Crippen molar-refractivity contribution in [2.75, 3.05) is 0 Å². The summed E-state index contributed by atoms with van der Waals surface area (Å²) < 4.78 is 5.19. The minimum Gasteiger partial charge on any atom is -0.425 e. The molecule has 0 aromatic heterocycles. The molecule has 0 aliphatic rings. The monoisotopic (exact) mass is 280 g/mol. The molecule has 0 aliphatic carbocycles. The number of para-hydroxylation sites is 1. The highest BCUT2D eigenvalue weighted by Crippen LogP contribution is 2.15. The normalized spacial score (nSPS) is 12.5. The molecule has 0 unspecified atom stereocenters. The quantitative estimate of drug-likeness (QED) is 0.226. The molecule has 0 saturated carbocycles. The highest BCUT2D eigenvalue weighted by Gasteiger charge is 2.16. The van der Waals surface area contributed by atoms with Crippen molar-refractivity contribution in [3.8, 4) is 5.75 Å². The van der Waals surface area contributed by atoms with Gasteiger partial charge in [-0.3, -0.25) is 4.79 Å². The average molecular weight is 281 g/mol. The number of hydrogen-bond donors (Lipinski definition) is 0. The molecule has 0 spiro atoms. The van der Waals surface area contributed by atoms with Crippen LogP contribution in [-0.2, 0) is 4.79 Å². The molecule has 1 rings (SSSR count). The molecule has 0 amide bonds. The molecule has 1 atom stereocenters. The molecule has 0 N–H and O–H groups in total. The largest absolute Gasteiger partial charge is 0.425 e. The summed E-state index contributed by atoms with van der Waals surface area (Å²) in [6.45, 7) is 2.12. The van der Waals surface area contributed by atoms with Crippen molar-refractivity contribution in [2.24, 2.45) is 0 Å². The van der Waals surface area contributed by atoms with Crippen molar-refractivity contribution in [3.63, 3.8) is 0 Å². The maximum atomic E-state index is 11.7. The molecule has 0 bridgehead atoms. The van der Waals surface area contributed by atoms with Gasteiger partial charge in [0.25, 0.3) is 0 Å². The molecule has 0 radical (unpaired) electrons. The van der Waals surface area contributed by atoms with Crippen LogP contribution >= 0.6 is 11.6 Å². The summed E-state index contributed by atoms with van der Waals surface area (Å²) in [7, 11) is 0. The fourth-order valence-electron chi connectivity index (χ4n) is 1.66. The Hall–Kier alpha value is -1.28. The number of benzene rings is 1. The van der Waals surface area contributed by atoms with Crippen molar-refractivity contribution in [3.05, 3.63) is 42.5 Å². The van der Waals surface area contributed by atoms with Gasteiger partial charge >= 0.3 is 5.97 Å². The molecule has 2 nitrogen and oxygen atoms in total. The predicted molar refractivity (Wildman–Crippen MR) is 79.6 cm³/mol. The molecular formula is C16H21ClO2. The molecule has 0 saturated heterocycles. The summed E-state index contributed by atoms with van der Waals surface area (Å²) >= 11 is 6.03. The second-order valence-corrected chi connectivity index (χ2v) is 4.89. The highest BCUT2D eigenvalue weighted by molar-refractivity contribution is 6.30. The first-order chi connectivity index (χ1) is 9.24. The summed E-state index contributed by atoms with van der Waals surface area (Å²) in [5.41, 5.74) is 0. The lowest BCUT2D eigenvalue weighted by molar-refractivity contribution is -0.134. The van der Waals surface area contributed by atoms with Gasteiger partial charge in [-0.2, -0.15) is 0 Å². The summed E-state index contributed by atoms with van der Waals surface area (Å²) in [5.74, 6) is 0.181. The van der Waals surface area contributed by atoms with Crippen molar-refractivity contribution >= 4 is 17.6 Å². The van der Waals surface area contributed by atoms with E-state index in [1.54, 1.807) is 12.1 Å². The zero-order valence-corrected chi connectivity index (χ0v) is 12.1. The van der Waals surface area contributed by atoms with Gasteiger partial charge in [0.2, 0.25) is 0 Å². The molecular weight excluding hydrogens is 260 g/mol. The molecule has 0 fully saturated rings. The lowest BCUT2D eigenvalue weighted by atomic mass is 10.1. The summed E-state index contributed by atoms with van der Waals surface area (Å²) in [4.78, 5) is 11.7. The van der Waals surface area contributed by atoms with E-state index in [1.807, 2.05) is 18.2 Å². The Morgan fingerprint density at radius 1 is 1.26 bits per heavy atom. The van der Waals surface area contributed by atoms with E-state index >= 15 is 0 Å². The first-order valence-electron chi connectivity index (χ1n) is 6.80. The van der Waals surface area contributed by atoms with E-state index in [2.05, 4.69) is 19.1 Å². The topological polar surface area (TPSA) is 26.3 Å². The fraction of sp³-hybridized carbons (Fsp3) is 0.438. The van der Waals surface area contributed by atoms with Gasteiger partial charge in [0.1, 0.15) is 11.1 Å². The molecule has 3 heteroatoms. The first kappa shape index (κ1) is 15.8. The molecule has 0 aliphatic heterocycles. The van der Waals surface area contributed by atoms with Gasteiger partial charge in [-0.15, -0.1) is 11.6 Å². The number of unbranched alkanes of at least 4 members (excludes halogenated alkanes) is 2. The maximum absolute atomic E-state index is 11.7. The Kier molecular flexibility index (Phi) is 7.99. The van der Waals surface area contributed by atoms with Gasteiger partial charge in [0, 0.05) is 0 Å². The zero-order valence-electron chi connectivity index (χ0n) is 11.3. The van der Waals surface area contributed by atoms with E-state index in [1.165, 1.54) is 0 Å². The van der Waals surface area contributed by atoms with Gasteiger partial charge < -0.3 is 4.74 Å². The van der Waals surface area contributed by atoms with Crippen LogP contribution < -0.4 is 4.74 Å². The Morgan fingerprint density at radius 3 is 2.68 bits per heavy atom. The van der Waals surface area contributed by atoms with E-state index in [4.69, 9.17) is 16.3 Å². The van der Waals surface area contributed by atoms with Crippen molar-refractivity contribution in [1.82, 2.24) is 0 Å². The average Bonchev–Trinajstić information content (AvgIpc) is 2.43. The molecule has 1 aromatic rings. The highest BCUT2D eigenvalue weighted by atomic mass is 35.5. The Balaban J connectivity index is 2.20. The van der Waals surface area contributed by atoms with Gasteiger partial charge in [-0.05, 0) is 37.8 Å². The van der Waals surface area contributed by atoms with Crippen molar-refractivity contribution in [2.45, 2.75) is 44.4 Å². The van der Waals surface area contributed by atoms with Crippen LogP contribution in [0.25, 0.3) is 0 Å². The minimum absolute atomic E-state index is 0.364. The molecule has 19 heavy (non-hydrogen) atoms. The van der Waals surface area contributed by atoms with Crippen molar-refractivity contribution in [1.29, 1.82) is 0 Å². The third-order valence-electron chi connectivity index (χ3n) is 2.70. The number of carbonyl (C=O) groups excluding carboxylic acids is 1. The molecule has 104 valence electrons. The second-order valence-electron chi connectivity index (χ2n) is 4.37. The van der Waals surface area contributed by atoms with Crippen LogP contribution in [0.2, 0.25) is 0 Å². The minimum atomic E-state index is -0.560. The van der Waals surface area contributed by atoms with E-state index < -0.39 is 5.38 Å². The van der Waals surface area contributed by atoms with Gasteiger partial charge in [-0.25, -0.2) is 0 Å². The smallest absolute Gasteiger partial charge is 0.329 e. The summed E-state index contributed by atoms with van der Waals surface area (Å²) in [5, 5.41) is -0.560. The van der Waals surface area contributed by atoms with Gasteiger partial charge in [0.05, 0.1) is 0 Å². The van der Waals surface area contributed by atoms with Gasteiger partial charge in [-0.1, -0.05) is 43.7 Å². The van der Waals surface area contributed by atoms with Crippen LogP contribution in [0.4, 0.5) is 0 Å². The third kappa shape index (κ3) is 7.02. The zero-order chi connectivity index (χ0) is 13.9. The van der Waals surface area contributed by atoms with E-state index in [-0.39, 0.29) is 5.97 Å². The lowest BCUT2D eigenvalue weighted by Gasteiger charge is -2.09. The lowest BCUT2D eigenvalue weighted by Crippen LogP contribution is -2.20. The van der Waals surface area contributed by atoms with Gasteiger partial charge in [0.15, 0.2) is 0 Å². The number of esters is 1. The first-order valence-corrected chi connectivity index (χ1v) is 7.23. The number of rotatable bonds is 8. The number of hydrogen-bond acceptors (Lipinski definition) is 2. The number of carbonyl (C=O) groups is 1. The Morgan fingerprint density at radius 2 is 2.00 bits per heavy atom. The fourth-order valence-corrected chi connectivity index (χ4v) is 1.86. The predicted octanol–water partition coefficient (Wildman–Crippen LogP) is 4.73. The second kappa shape index (κ2) is 9.62. The SMILES string of the molecule is CC/C=C/CCCC[C@H](Cl)C(=O)Oc1ccccc1. The standard InChI is InChI=1S/C16H21ClO2/c1-2-3-4-5-6-10-13-15(17)16(18)19-14-11-8-7-9-12-14/h3-4,7-9,11-12,15H,2,5-6,10,13H2,1H3/b4-3+/t15-/m0/s1. The number of alkyl halides is 1. The van der Waals surface area contributed by atoms with Crippen molar-refractivity contribution < 1.29 is 9.53 Å². The molecule has 1 aromatic carbocycles. The summed E-state index contributed by atoms with van der Waals surface area (Å²) in [6, 6.07) is 9.02. The maximum Gasteiger partial charge on any atom is 0.329 e. The Labute approximate surface area is 120 Å². The van der Waals surface area contributed by atoms with Crippen LogP contribution in [-0.4, -0.2) is 11.3 Å². The third-order valence-corrected chi connectivity index (χ3v) is 3.09. The van der Waals surface area contributed by atoms with Crippen LogP contribution in [0.1, 0.15) is 39.0 Å². The number of allylic oxidation sites excluding steroid dienone is 2. The van der Waals surface area contributed by atoms with E-state index in [0.717, 1.165) is 25.7 Å². The van der Waals surface area contributed by atoms with Crippen LogP contribution in [0, 0.1) is 0 Å². The van der Waals surface area contributed by atoms with E-state index in [9.17, 15) is 4.79 Å². The number of ether oxygens (including phenoxy) is 1. The molecule has 0 heterocycles.